The minimum absolute atomic E-state index is 0.264. The lowest BCUT2D eigenvalue weighted by molar-refractivity contribution is -0.124. The van der Waals surface area contributed by atoms with E-state index >= 15 is 0 Å². The monoisotopic (exact) mass is 197 g/mol. The van der Waals surface area contributed by atoms with Gasteiger partial charge in [-0.3, -0.25) is 4.79 Å². The van der Waals surface area contributed by atoms with Crippen LogP contribution in [0.1, 0.15) is 52.9 Å². The number of carbonyl (C=O) groups is 1. The summed E-state index contributed by atoms with van der Waals surface area (Å²) in [6, 6.07) is 0. The van der Waals surface area contributed by atoms with E-state index in [-0.39, 0.29) is 5.78 Å². The highest BCUT2D eigenvalue weighted by Gasteiger charge is 2.43. The third kappa shape index (κ3) is 3.09. The zero-order valence-corrected chi connectivity index (χ0v) is 9.68. The van der Waals surface area contributed by atoms with E-state index in [9.17, 15) is 4.79 Å². The van der Waals surface area contributed by atoms with Crippen LogP contribution >= 0.6 is 0 Å². The van der Waals surface area contributed by atoms with Crippen LogP contribution in [-0.4, -0.2) is 11.3 Å². The fourth-order valence-corrected chi connectivity index (χ4v) is 1.85. The van der Waals surface area contributed by atoms with E-state index in [0.717, 1.165) is 25.7 Å². The molecule has 0 amide bonds. The van der Waals surface area contributed by atoms with Gasteiger partial charge in [0.1, 0.15) is 0 Å². The molecule has 0 bridgehead atoms. The fourth-order valence-electron chi connectivity index (χ4n) is 1.85. The van der Waals surface area contributed by atoms with Gasteiger partial charge in [0, 0.05) is 6.42 Å². The summed E-state index contributed by atoms with van der Waals surface area (Å²) in [6.45, 7) is 6.28. The zero-order valence-electron chi connectivity index (χ0n) is 9.68. The second kappa shape index (κ2) is 4.43. The summed E-state index contributed by atoms with van der Waals surface area (Å²) in [5, 5.41) is 0. The third-order valence-corrected chi connectivity index (χ3v) is 3.21. The minimum atomic E-state index is -0.531. The molecule has 0 radical (unpaired) electrons. The average molecular weight is 197 g/mol. The van der Waals surface area contributed by atoms with Crippen LogP contribution in [0.5, 0.6) is 0 Å². The van der Waals surface area contributed by atoms with Crippen LogP contribution < -0.4 is 5.73 Å². The fraction of sp³-hybridized carbons (Fsp3) is 0.917. The molecule has 2 N–H and O–H groups in total. The van der Waals surface area contributed by atoms with Gasteiger partial charge < -0.3 is 5.73 Å². The van der Waals surface area contributed by atoms with Gasteiger partial charge in [-0.25, -0.2) is 0 Å². The van der Waals surface area contributed by atoms with Crippen LogP contribution in [0.2, 0.25) is 0 Å². The van der Waals surface area contributed by atoms with Gasteiger partial charge in [0.25, 0.3) is 0 Å². The summed E-state index contributed by atoms with van der Waals surface area (Å²) in [7, 11) is 0. The predicted molar refractivity (Wildman–Crippen MR) is 59.0 cm³/mol. The molecule has 1 atom stereocenters. The predicted octanol–water partition coefficient (Wildman–Crippen LogP) is 2.51. The number of hydrogen-bond donors (Lipinski definition) is 1. The molecule has 0 spiro atoms. The maximum Gasteiger partial charge on any atom is 0.152 e. The van der Waals surface area contributed by atoms with Crippen molar-refractivity contribution >= 4 is 5.78 Å². The highest BCUT2D eigenvalue weighted by Crippen LogP contribution is 2.39. The molecule has 0 heterocycles. The molecule has 1 unspecified atom stereocenters. The molecule has 1 saturated carbocycles. The molecular weight excluding hydrogens is 174 g/mol. The summed E-state index contributed by atoms with van der Waals surface area (Å²) >= 11 is 0. The van der Waals surface area contributed by atoms with Crippen LogP contribution in [0.3, 0.4) is 0 Å². The van der Waals surface area contributed by atoms with Crippen molar-refractivity contribution in [2.45, 2.75) is 58.4 Å². The molecule has 0 aromatic heterocycles. The first-order valence-corrected chi connectivity index (χ1v) is 5.76. The van der Waals surface area contributed by atoms with Crippen LogP contribution in [0.4, 0.5) is 0 Å². The van der Waals surface area contributed by atoms with Crippen molar-refractivity contribution in [2.24, 2.45) is 17.6 Å². The Hall–Kier alpha value is -0.370. The van der Waals surface area contributed by atoms with Crippen molar-refractivity contribution in [1.29, 1.82) is 0 Å². The average Bonchev–Trinajstić information content (AvgIpc) is 2.85. The van der Waals surface area contributed by atoms with Crippen molar-refractivity contribution < 1.29 is 4.79 Å². The molecular formula is C12H23NO. The van der Waals surface area contributed by atoms with Crippen molar-refractivity contribution in [3.05, 3.63) is 0 Å². The first kappa shape index (κ1) is 11.7. The minimum Gasteiger partial charge on any atom is -0.319 e. The number of Topliss-reactive ketones (excluding diaryl/α,β-unsaturated/α-hetero) is 1. The van der Waals surface area contributed by atoms with Gasteiger partial charge in [0.05, 0.1) is 5.54 Å². The van der Waals surface area contributed by atoms with Crippen LogP contribution in [-0.2, 0) is 4.79 Å². The normalized spacial score (nSPS) is 20.9. The highest BCUT2D eigenvalue weighted by molar-refractivity contribution is 5.88. The number of hydrogen-bond acceptors (Lipinski definition) is 2. The quantitative estimate of drug-likeness (QED) is 0.711. The van der Waals surface area contributed by atoms with Crippen molar-refractivity contribution in [2.75, 3.05) is 0 Å². The Morgan fingerprint density at radius 1 is 1.50 bits per heavy atom. The number of rotatable bonds is 6. The molecule has 14 heavy (non-hydrogen) atoms. The third-order valence-electron chi connectivity index (χ3n) is 3.21. The molecule has 2 heteroatoms. The number of carbonyl (C=O) groups excluding carboxylic acids is 1. The Balaban J connectivity index is 2.26. The number of nitrogens with two attached hydrogens (primary N) is 1. The summed E-state index contributed by atoms with van der Waals surface area (Å²) in [6.07, 6.45) is 5.08. The van der Waals surface area contributed by atoms with Crippen LogP contribution in [0.15, 0.2) is 0 Å². The van der Waals surface area contributed by atoms with E-state index < -0.39 is 5.54 Å². The van der Waals surface area contributed by atoms with Gasteiger partial charge in [-0.2, -0.15) is 0 Å². The van der Waals surface area contributed by atoms with Crippen LogP contribution in [0.25, 0.3) is 0 Å². The molecule has 2 nitrogen and oxygen atoms in total. The second-order valence-corrected chi connectivity index (χ2v) is 5.27. The summed E-state index contributed by atoms with van der Waals surface area (Å²) < 4.78 is 0. The lowest BCUT2D eigenvalue weighted by atomic mass is 9.88. The van der Waals surface area contributed by atoms with Crippen molar-refractivity contribution in [1.82, 2.24) is 0 Å². The first-order chi connectivity index (χ1) is 6.44. The van der Waals surface area contributed by atoms with Gasteiger partial charge >= 0.3 is 0 Å². The standard InChI is InChI=1S/C12H23NO/c1-9(2)5-4-6-11(14)12(3,13)10-7-8-10/h9-10H,4-8,13H2,1-3H3. The molecule has 0 aromatic rings. The number of ketones is 1. The molecule has 1 fully saturated rings. The first-order valence-electron chi connectivity index (χ1n) is 5.76. The van der Waals surface area contributed by atoms with Crippen molar-refractivity contribution in [3.63, 3.8) is 0 Å². The van der Waals surface area contributed by atoms with E-state index in [4.69, 9.17) is 5.73 Å². The Morgan fingerprint density at radius 3 is 2.50 bits per heavy atom. The molecule has 1 aliphatic rings. The smallest absolute Gasteiger partial charge is 0.152 e. The zero-order chi connectivity index (χ0) is 10.8. The lowest BCUT2D eigenvalue weighted by Crippen LogP contribution is -2.47. The van der Waals surface area contributed by atoms with Gasteiger partial charge in [-0.05, 0) is 38.0 Å². The molecule has 0 saturated heterocycles. The second-order valence-electron chi connectivity index (χ2n) is 5.27. The Bertz CT molecular complexity index is 204. The molecule has 1 aliphatic carbocycles. The van der Waals surface area contributed by atoms with Gasteiger partial charge in [0.2, 0.25) is 0 Å². The van der Waals surface area contributed by atoms with Gasteiger partial charge in [0.15, 0.2) is 5.78 Å². The van der Waals surface area contributed by atoms with E-state index in [0.29, 0.717) is 18.3 Å². The van der Waals surface area contributed by atoms with E-state index in [1.165, 1.54) is 0 Å². The van der Waals surface area contributed by atoms with Gasteiger partial charge in [-0.1, -0.05) is 20.3 Å². The molecule has 82 valence electrons. The largest absolute Gasteiger partial charge is 0.319 e. The van der Waals surface area contributed by atoms with Gasteiger partial charge in [-0.15, -0.1) is 0 Å². The molecule has 0 aromatic carbocycles. The summed E-state index contributed by atoms with van der Waals surface area (Å²) in [4.78, 5) is 11.8. The van der Waals surface area contributed by atoms with Crippen molar-refractivity contribution in [3.8, 4) is 0 Å². The van der Waals surface area contributed by atoms with E-state index in [1.54, 1.807) is 0 Å². The summed E-state index contributed by atoms with van der Waals surface area (Å²) in [5.74, 6) is 1.42. The van der Waals surface area contributed by atoms with Crippen LogP contribution in [0, 0.1) is 11.8 Å². The highest BCUT2D eigenvalue weighted by atomic mass is 16.1. The SMILES string of the molecule is CC(C)CCCC(=O)C(C)(N)C1CC1. The Labute approximate surface area is 87.2 Å². The lowest BCUT2D eigenvalue weighted by Gasteiger charge is -2.22. The molecule has 0 aliphatic heterocycles. The topological polar surface area (TPSA) is 43.1 Å². The Kier molecular flexibility index (Phi) is 3.71. The van der Waals surface area contributed by atoms with E-state index in [1.807, 2.05) is 6.92 Å². The van der Waals surface area contributed by atoms with E-state index in [2.05, 4.69) is 13.8 Å². The summed E-state index contributed by atoms with van der Waals surface area (Å²) in [5.41, 5.74) is 5.50. The maximum absolute atomic E-state index is 11.8. The Morgan fingerprint density at radius 2 is 2.07 bits per heavy atom. The maximum atomic E-state index is 11.8. The molecule has 1 rings (SSSR count).